The third kappa shape index (κ3) is 6.32. The third-order valence-electron chi connectivity index (χ3n) is 7.34. The molecular weight excluding hydrogens is 514 g/mol. The Morgan fingerprint density at radius 2 is 1.77 bits per heavy atom. The second-order valence-corrected chi connectivity index (χ2v) is 10.1. The SMILES string of the molecule is CN1CCN(c2cc(F)c(-c3cncc(CNC4CCOCC4)c3)cc2-n2ccc(C(F)(F)F)cc2=O)CC1. The molecule has 39 heavy (non-hydrogen) atoms. The van der Waals surface area contributed by atoms with E-state index in [1.165, 1.54) is 12.1 Å². The quantitative estimate of drug-likeness (QED) is 0.472. The predicted molar refractivity (Wildman–Crippen MR) is 141 cm³/mol. The first kappa shape index (κ1) is 27.3. The molecule has 0 aliphatic carbocycles. The van der Waals surface area contributed by atoms with E-state index in [1.54, 1.807) is 12.4 Å². The first-order valence-corrected chi connectivity index (χ1v) is 13.0. The van der Waals surface area contributed by atoms with Gasteiger partial charge in [-0.25, -0.2) is 4.39 Å². The van der Waals surface area contributed by atoms with Crippen molar-refractivity contribution in [1.29, 1.82) is 0 Å². The summed E-state index contributed by atoms with van der Waals surface area (Å²) in [6.07, 6.45) is 1.56. The van der Waals surface area contributed by atoms with Gasteiger partial charge in [0.1, 0.15) is 5.82 Å². The second kappa shape index (κ2) is 11.4. The molecule has 208 valence electrons. The summed E-state index contributed by atoms with van der Waals surface area (Å²) in [6, 6.07) is 6.51. The van der Waals surface area contributed by atoms with Crippen molar-refractivity contribution in [1.82, 2.24) is 19.8 Å². The summed E-state index contributed by atoms with van der Waals surface area (Å²) in [5.74, 6) is -0.496. The maximum atomic E-state index is 15.7. The van der Waals surface area contributed by atoms with E-state index in [9.17, 15) is 18.0 Å². The molecular formula is C28H31F4N5O2. The molecule has 0 unspecified atom stereocenters. The van der Waals surface area contributed by atoms with Gasteiger partial charge >= 0.3 is 6.18 Å². The van der Waals surface area contributed by atoms with E-state index < -0.39 is 23.1 Å². The Labute approximate surface area is 224 Å². The zero-order chi connectivity index (χ0) is 27.6. The summed E-state index contributed by atoms with van der Waals surface area (Å²) in [6.45, 7) is 4.63. The number of benzene rings is 1. The molecule has 2 aromatic heterocycles. The van der Waals surface area contributed by atoms with Crippen LogP contribution in [0.1, 0.15) is 24.0 Å². The largest absolute Gasteiger partial charge is 0.416 e. The number of hydrogen-bond donors (Lipinski definition) is 1. The predicted octanol–water partition coefficient (Wildman–Crippen LogP) is 4.08. The number of ether oxygens (including phenoxy) is 1. The van der Waals surface area contributed by atoms with Crippen LogP contribution in [0.3, 0.4) is 0 Å². The van der Waals surface area contributed by atoms with Gasteiger partial charge in [-0.2, -0.15) is 13.2 Å². The molecule has 3 aromatic rings. The lowest BCUT2D eigenvalue weighted by atomic mass is 10.0. The van der Waals surface area contributed by atoms with E-state index >= 15 is 4.39 Å². The maximum absolute atomic E-state index is 15.7. The average molecular weight is 546 g/mol. The van der Waals surface area contributed by atoms with Crippen molar-refractivity contribution in [2.24, 2.45) is 0 Å². The van der Waals surface area contributed by atoms with Gasteiger partial charge < -0.3 is 19.9 Å². The van der Waals surface area contributed by atoms with E-state index in [1.807, 2.05) is 18.0 Å². The van der Waals surface area contributed by atoms with E-state index in [-0.39, 0.29) is 5.56 Å². The fraction of sp³-hybridized carbons (Fsp3) is 0.429. The molecule has 1 aromatic carbocycles. The number of pyridine rings is 2. The van der Waals surface area contributed by atoms with Gasteiger partial charge in [-0.3, -0.25) is 14.3 Å². The van der Waals surface area contributed by atoms with E-state index in [0.717, 1.165) is 48.3 Å². The van der Waals surface area contributed by atoms with Crippen molar-refractivity contribution in [3.8, 4) is 16.8 Å². The molecule has 1 N–H and O–H groups in total. The molecule has 0 atom stereocenters. The molecule has 7 nitrogen and oxygen atoms in total. The summed E-state index contributed by atoms with van der Waals surface area (Å²) >= 11 is 0. The molecule has 0 radical (unpaired) electrons. The lowest BCUT2D eigenvalue weighted by Gasteiger charge is -2.35. The highest BCUT2D eigenvalue weighted by molar-refractivity contribution is 5.74. The molecule has 2 aliphatic heterocycles. The number of rotatable bonds is 6. The minimum absolute atomic E-state index is 0.218. The van der Waals surface area contributed by atoms with Gasteiger partial charge in [0.05, 0.1) is 16.9 Å². The number of aromatic nitrogens is 2. The number of anilines is 1. The Kier molecular flexibility index (Phi) is 8.01. The van der Waals surface area contributed by atoms with Crippen LogP contribution in [-0.2, 0) is 17.5 Å². The van der Waals surface area contributed by atoms with Gasteiger partial charge in [0.15, 0.2) is 0 Å². The third-order valence-corrected chi connectivity index (χ3v) is 7.34. The minimum atomic E-state index is -4.64. The van der Waals surface area contributed by atoms with E-state index in [0.29, 0.717) is 61.9 Å². The molecule has 2 fully saturated rings. The number of alkyl halides is 3. The molecule has 0 saturated carbocycles. The zero-order valence-corrected chi connectivity index (χ0v) is 21.7. The first-order valence-electron chi connectivity index (χ1n) is 13.0. The van der Waals surface area contributed by atoms with Gasteiger partial charge in [-0.1, -0.05) is 0 Å². The van der Waals surface area contributed by atoms with Gasteiger partial charge in [-0.15, -0.1) is 0 Å². The van der Waals surface area contributed by atoms with Crippen LogP contribution in [0.4, 0.5) is 23.2 Å². The first-order chi connectivity index (χ1) is 18.7. The normalized spacial score (nSPS) is 17.5. The average Bonchev–Trinajstić information content (AvgIpc) is 2.92. The van der Waals surface area contributed by atoms with Gasteiger partial charge in [0.25, 0.3) is 5.56 Å². The summed E-state index contributed by atoms with van der Waals surface area (Å²) in [5.41, 5.74) is 0.512. The van der Waals surface area contributed by atoms with Crippen LogP contribution in [0, 0.1) is 5.82 Å². The number of nitrogens with one attached hydrogen (secondary N) is 1. The van der Waals surface area contributed by atoms with Crippen LogP contribution in [0.25, 0.3) is 16.8 Å². The van der Waals surface area contributed by atoms with Gasteiger partial charge in [0.2, 0.25) is 0 Å². The molecule has 2 aliphatic rings. The van der Waals surface area contributed by atoms with Gasteiger partial charge in [0, 0.05) is 87.8 Å². The van der Waals surface area contributed by atoms with Crippen molar-refractivity contribution in [3.63, 3.8) is 0 Å². The fourth-order valence-electron chi connectivity index (χ4n) is 5.02. The Morgan fingerprint density at radius 1 is 1.03 bits per heavy atom. The molecule has 4 heterocycles. The van der Waals surface area contributed by atoms with Crippen LogP contribution < -0.4 is 15.8 Å². The summed E-state index contributed by atoms with van der Waals surface area (Å²) < 4.78 is 61.9. The molecule has 11 heteroatoms. The minimum Gasteiger partial charge on any atom is -0.381 e. The van der Waals surface area contributed by atoms with Crippen molar-refractivity contribution >= 4 is 5.69 Å². The molecule has 0 bridgehead atoms. The number of nitrogens with zero attached hydrogens (tertiary/aromatic N) is 4. The highest BCUT2D eigenvalue weighted by atomic mass is 19.4. The maximum Gasteiger partial charge on any atom is 0.416 e. The van der Waals surface area contributed by atoms with Crippen LogP contribution >= 0.6 is 0 Å². The van der Waals surface area contributed by atoms with Gasteiger partial charge in [-0.05, 0) is 49.7 Å². The summed E-state index contributed by atoms with van der Waals surface area (Å²) in [7, 11) is 1.99. The lowest BCUT2D eigenvalue weighted by Crippen LogP contribution is -2.45. The highest BCUT2D eigenvalue weighted by Crippen LogP contribution is 2.34. The lowest BCUT2D eigenvalue weighted by molar-refractivity contribution is -0.137. The standard InChI is InChI=1S/C28H31F4N5O2/c1-35-6-8-36(9-7-35)25-15-24(29)23(14-26(25)37-5-2-21(13-27(37)38)28(30,31)32)20-12-19(16-33-18-20)17-34-22-3-10-39-11-4-22/h2,5,12-16,18,22,34H,3-4,6-11,17H2,1H3. The number of piperazine rings is 1. The van der Waals surface area contributed by atoms with Crippen molar-refractivity contribution in [3.05, 3.63) is 76.2 Å². The number of hydrogen-bond acceptors (Lipinski definition) is 6. The van der Waals surface area contributed by atoms with E-state index in [4.69, 9.17) is 4.74 Å². The molecule has 2 saturated heterocycles. The highest BCUT2D eigenvalue weighted by Gasteiger charge is 2.31. The Bertz CT molecular complexity index is 1360. The van der Waals surface area contributed by atoms with Crippen LogP contribution in [0.2, 0.25) is 0 Å². The Hall–Kier alpha value is -3.28. The van der Waals surface area contributed by atoms with Crippen molar-refractivity contribution < 1.29 is 22.3 Å². The number of likely N-dealkylation sites (N-methyl/N-ethyl adjacent to an activating group) is 1. The summed E-state index contributed by atoms with van der Waals surface area (Å²) in [5, 5.41) is 3.49. The van der Waals surface area contributed by atoms with Crippen LogP contribution in [0.15, 0.2) is 53.7 Å². The zero-order valence-electron chi connectivity index (χ0n) is 21.7. The van der Waals surface area contributed by atoms with Crippen molar-refractivity contribution in [2.75, 3.05) is 51.3 Å². The van der Waals surface area contributed by atoms with Crippen LogP contribution in [0.5, 0.6) is 0 Å². The Balaban J connectivity index is 1.53. The topological polar surface area (TPSA) is 62.6 Å². The second-order valence-electron chi connectivity index (χ2n) is 10.1. The molecule has 0 spiro atoms. The number of halogens is 4. The monoisotopic (exact) mass is 545 g/mol. The fourth-order valence-corrected chi connectivity index (χ4v) is 5.02. The molecule has 0 amide bonds. The van der Waals surface area contributed by atoms with Crippen molar-refractivity contribution in [2.45, 2.75) is 31.6 Å². The smallest absolute Gasteiger partial charge is 0.381 e. The molecule has 5 rings (SSSR count). The summed E-state index contributed by atoms with van der Waals surface area (Å²) in [4.78, 5) is 21.3. The van der Waals surface area contributed by atoms with Crippen LogP contribution in [-0.4, -0.2) is 66.9 Å². The Morgan fingerprint density at radius 3 is 2.46 bits per heavy atom. The van der Waals surface area contributed by atoms with E-state index in [2.05, 4.69) is 15.2 Å².